The molecule has 0 unspecified atom stereocenters. The summed E-state index contributed by atoms with van der Waals surface area (Å²) in [7, 11) is 0.241. The predicted octanol–water partition coefficient (Wildman–Crippen LogP) is 3.08. The van der Waals surface area contributed by atoms with Crippen molar-refractivity contribution >= 4 is 15.8 Å². The standard InChI is InChI=1S/2C3H9P.2CH3.Ni/c2*1-4(2)3;;;/h2*1-3H3;2*1H3;/q;;2*-1;+2/p+2. The van der Waals surface area contributed by atoms with Crippen LogP contribution in [0.15, 0.2) is 0 Å². The summed E-state index contributed by atoms with van der Waals surface area (Å²) in [6, 6.07) is 0. The van der Waals surface area contributed by atoms with Crippen molar-refractivity contribution in [2.45, 2.75) is 0 Å². The van der Waals surface area contributed by atoms with E-state index in [4.69, 9.17) is 0 Å². The molecule has 0 aliphatic rings. The van der Waals surface area contributed by atoms with Gasteiger partial charge in [0.1, 0.15) is 0 Å². The Morgan fingerprint density at radius 2 is 0.545 bits per heavy atom. The minimum atomic E-state index is 0. The zero-order valence-corrected chi connectivity index (χ0v) is 12.3. The van der Waals surface area contributed by atoms with E-state index in [0.717, 1.165) is 0 Å². The van der Waals surface area contributed by atoms with Gasteiger partial charge < -0.3 is 14.9 Å². The van der Waals surface area contributed by atoms with Gasteiger partial charge in [-0.3, -0.25) is 0 Å². The Kier molecular flexibility index (Phi) is 60.3. The van der Waals surface area contributed by atoms with Crippen LogP contribution >= 0.6 is 15.8 Å². The maximum Gasteiger partial charge on any atom is 2.00 e. The van der Waals surface area contributed by atoms with Gasteiger partial charge in [0.05, 0.1) is 0 Å². The minimum absolute atomic E-state index is 0. The van der Waals surface area contributed by atoms with E-state index in [9.17, 15) is 0 Å². The van der Waals surface area contributed by atoms with Gasteiger partial charge in [0.2, 0.25) is 0 Å². The average molecular weight is 243 g/mol. The maximum atomic E-state index is 2.27. The van der Waals surface area contributed by atoms with E-state index in [0.29, 0.717) is 0 Å². The zero-order valence-electron chi connectivity index (χ0n) is 9.32. The molecule has 0 N–H and O–H groups in total. The molecule has 0 bridgehead atoms. The smallest absolute Gasteiger partial charge is 0.358 e. The summed E-state index contributed by atoms with van der Waals surface area (Å²) in [6.45, 7) is 13.6. The van der Waals surface area contributed by atoms with Gasteiger partial charge in [-0.2, -0.15) is 0 Å². The molecule has 0 fully saturated rings. The molecule has 0 radical (unpaired) electrons. The van der Waals surface area contributed by atoms with Gasteiger partial charge in [-0.05, 0) is 15.8 Å². The fraction of sp³-hybridized carbons (Fsp3) is 0.750. The second kappa shape index (κ2) is 22.5. The molecule has 76 valence electrons. The van der Waals surface area contributed by atoms with Gasteiger partial charge in [-0.1, -0.05) is 0 Å². The molecule has 0 rings (SSSR count). The van der Waals surface area contributed by atoms with E-state index in [1.54, 1.807) is 0 Å². The SMILES string of the molecule is C[PH+](C)C.C[PH+](C)C.[CH3-].[CH3-].[Ni+2]. The first kappa shape index (κ1) is 29.4. The Morgan fingerprint density at radius 3 is 0.545 bits per heavy atom. The molecule has 0 aromatic heterocycles. The summed E-state index contributed by atoms with van der Waals surface area (Å²) in [6.07, 6.45) is 0. The first-order valence-corrected chi connectivity index (χ1v) is 9.00. The van der Waals surface area contributed by atoms with Crippen LogP contribution in [0.1, 0.15) is 0 Å². The zero-order chi connectivity index (χ0) is 7.15. The van der Waals surface area contributed by atoms with Gasteiger partial charge in [-0.25, -0.2) is 0 Å². The number of rotatable bonds is 0. The summed E-state index contributed by atoms with van der Waals surface area (Å²) < 4.78 is 0. The van der Waals surface area contributed by atoms with E-state index >= 15 is 0 Å². The summed E-state index contributed by atoms with van der Waals surface area (Å²) >= 11 is 0. The van der Waals surface area contributed by atoms with Crippen molar-refractivity contribution < 1.29 is 16.5 Å². The van der Waals surface area contributed by atoms with Crippen molar-refractivity contribution in [1.82, 2.24) is 0 Å². The summed E-state index contributed by atoms with van der Waals surface area (Å²) in [5.41, 5.74) is 0. The van der Waals surface area contributed by atoms with Crippen molar-refractivity contribution in [2.24, 2.45) is 0 Å². The van der Waals surface area contributed by atoms with Crippen LogP contribution in [0.25, 0.3) is 0 Å². The number of hydrogen-bond donors (Lipinski definition) is 0. The van der Waals surface area contributed by atoms with Crippen molar-refractivity contribution in [3.05, 3.63) is 14.9 Å². The van der Waals surface area contributed by atoms with Crippen molar-refractivity contribution in [3.8, 4) is 0 Å². The van der Waals surface area contributed by atoms with Crippen LogP contribution < -0.4 is 0 Å². The molecule has 0 saturated carbocycles. The largest absolute Gasteiger partial charge is 2.00 e. The molecular weight excluding hydrogens is 217 g/mol. The first-order chi connectivity index (χ1) is 3.46. The molecule has 0 aromatic rings. The Balaban J connectivity index is -0.0000000171. The van der Waals surface area contributed by atoms with Gasteiger partial charge in [0.25, 0.3) is 0 Å². The molecule has 0 aromatic carbocycles. The monoisotopic (exact) mass is 242 g/mol. The molecule has 0 amide bonds. The summed E-state index contributed by atoms with van der Waals surface area (Å²) in [5.74, 6) is 0. The average Bonchev–Trinajstić information content (AvgIpc) is 1.25. The van der Waals surface area contributed by atoms with Gasteiger partial charge in [-0.15, -0.1) is 0 Å². The third kappa shape index (κ3) is 542. The van der Waals surface area contributed by atoms with E-state index < -0.39 is 0 Å². The molecule has 0 heterocycles. The van der Waals surface area contributed by atoms with Crippen LogP contribution in [0.4, 0.5) is 0 Å². The fourth-order valence-electron chi connectivity index (χ4n) is 0. The Hall–Kier alpha value is 1.35. The topological polar surface area (TPSA) is 0 Å². The molecule has 0 aliphatic carbocycles. The molecule has 0 aliphatic heterocycles. The van der Waals surface area contributed by atoms with E-state index in [1.165, 1.54) is 0 Å². The third-order valence-corrected chi connectivity index (χ3v) is 0. The normalized spacial score (nSPS) is 6.55. The molecule has 11 heavy (non-hydrogen) atoms. The second-order valence-electron chi connectivity index (χ2n) is 3.00. The molecular formula is C8H26NiP2+2. The quantitative estimate of drug-likeness (QED) is 0.348. The van der Waals surface area contributed by atoms with Crippen LogP contribution in [-0.4, -0.2) is 40.0 Å². The minimum Gasteiger partial charge on any atom is -0.358 e. The Morgan fingerprint density at radius 1 is 0.545 bits per heavy atom. The van der Waals surface area contributed by atoms with Crippen molar-refractivity contribution in [1.29, 1.82) is 0 Å². The van der Waals surface area contributed by atoms with E-state index in [-0.39, 0.29) is 47.2 Å². The summed E-state index contributed by atoms with van der Waals surface area (Å²) in [5, 5.41) is 0. The predicted molar refractivity (Wildman–Crippen MR) is 65.0 cm³/mol. The molecule has 0 saturated heterocycles. The van der Waals surface area contributed by atoms with Crippen LogP contribution in [0, 0.1) is 14.9 Å². The third-order valence-electron chi connectivity index (χ3n) is 0. The molecule has 0 nitrogen and oxygen atoms in total. The Bertz CT molecular complexity index is 27.6. The van der Waals surface area contributed by atoms with Gasteiger partial charge >= 0.3 is 16.5 Å². The second-order valence-corrected chi connectivity index (χ2v) is 9.00. The van der Waals surface area contributed by atoms with Crippen LogP contribution in [0.2, 0.25) is 0 Å². The van der Waals surface area contributed by atoms with E-state index in [2.05, 4.69) is 40.0 Å². The fourth-order valence-corrected chi connectivity index (χ4v) is 0. The molecule has 0 spiro atoms. The van der Waals surface area contributed by atoms with Crippen molar-refractivity contribution in [2.75, 3.05) is 40.0 Å². The maximum absolute atomic E-state index is 2.27. The van der Waals surface area contributed by atoms with Crippen LogP contribution in [0.3, 0.4) is 0 Å². The summed E-state index contributed by atoms with van der Waals surface area (Å²) in [4.78, 5) is 0. The number of hydrogen-bond acceptors (Lipinski definition) is 0. The van der Waals surface area contributed by atoms with Crippen molar-refractivity contribution in [3.63, 3.8) is 0 Å². The Labute approximate surface area is 87.4 Å². The molecule has 3 heteroatoms. The first-order valence-electron chi connectivity index (χ1n) is 3.00. The van der Waals surface area contributed by atoms with Gasteiger partial charge in [0.15, 0.2) is 0 Å². The molecule has 0 atom stereocenters. The van der Waals surface area contributed by atoms with Crippen LogP contribution in [0.5, 0.6) is 0 Å². The van der Waals surface area contributed by atoms with E-state index in [1.807, 2.05) is 0 Å². The van der Waals surface area contributed by atoms with Crippen LogP contribution in [-0.2, 0) is 16.5 Å². The van der Waals surface area contributed by atoms with Gasteiger partial charge in [0, 0.05) is 40.0 Å².